The molecule has 0 aromatic heterocycles. The number of nitrogens with one attached hydrogen (secondary N) is 2. The highest BCUT2D eigenvalue weighted by atomic mass is 35.5. The number of hydrogen-bond donors (Lipinski definition) is 2. The molecule has 96 valence electrons. The van der Waals surface area contributed by atoms with Crippen molar-refractivity contribution in [3.63, 3.8) is 0 Å². The number of benzene rings is 1. The first kappa shape index (κ1) is 14.2. The Kier molecular flexibility index (Phi) is 4.73. The third kappa shape index (κ3) is 2.70. The lowest BCUT2D eigenvalue weighted by molar-refractivity contribution is 0.374. The quantitative estimate of drug-likeness (QED) is 0.602. The molecule has 1 saturated heterocycles. The molecule has 0 radical (unpaired) electrons. The van der Waals surface area contributed by atoms with E-state index in [9.17, 15) is 17.6 Å². The number of rotatable bonds is 1. The van der Waals surface area contributed by atoms with Gasteiger partial charge >= 0.3 is 0 Å². The fourth-order valence-electron chi connectivity index (χ4n) is 1.76. The predicted molar refractivity (Wildman–Crippen MR) is 57.1 cm³/mol. The van der Waals surface area contributed by atoms with E-state index in [0.29, 0.717) is 13.1 Å². The van der Waals surface area contributed by atoms with Crippen LogP contribution in [-0.4, -0.2) is 19.6 Å². The van der Waals surface area contributed by atoms with Crippen LogP contribution in [0.2, 0.25) is 0 Å². The summed E-state index contributed by atoms with van der Waals surface area (Å²) < 4.78 is 52.6. The van der Waals surface area contributed by atoms with Gasteiger partial charge in [-0.3, -0.25) is 0 Å². The topological polar surface area (TPSA) is 24.1 Å². The van der Waals surface area contributed by atoms with E-state index in [0.717, 1.165) is 0 Å². The average Bonchev–Trinajstić information content (AvgIpc) is 2.28. The van der Waals surface area contributed by atoms with Gasteiger partial charge < -0.3 is 10.6 Å². The minimum atomic E-state index is -1.37. The van der Waals surface area contributed by atoms with E-state index in [1.54, 1.807) is 0 Å². The Balaban J connectivity index is 0.00000144. The number of hydrogen-bond acceptors (Lipinski definition) is 2. The lowest BCUT2D eigenvalue weighted by Crippen LogP contribution is -2.43. The van der Waals surface area contributed by atoms with E-state index in [-0.39, 0.29) is 25.0 Å². The maximum absolute atomic E-state index is 13.4. The molecule has 2 rings (SSSR count). The maximum Gasteiger partial charge on any atom is 0.166 e. The fourth-order valence-corrected chi connectivity index (χ4v) is 1.76. The van der Waals surface area contributed by atoms with Gasteiger partial charge in [0.15, 0.2) is 23.3 Å². The third-order valence-electron chi connectivity index (χ3n) is 2.54. The van der Waals surface area contributed by atoms with Gasteiger partial charge in [-0.15, -0.1) is 12.4 Å². The zero-order chi connectivity index (χ0) is 11.7. The molecule has 1 fully saturated rings. The van der Waals surface area contributed by atoms with E-state index in [1.807, 2.05) is 0 Å². The number of piperazine rings is 1. The molecule has 2 N–H and O–H groups in total. The van der Waals surface area contributed by atoms with Crippen molar-refractivity contribution in [1.29, 1.82) is 0 Å². The molecule has 1 aliphatic heterocycles. The fraction of sp³-hybridized carbons (Fsp3) is 0.400. The van der Waals surface area contributed by atoms with Gasteiger partial charge in [-0.25, -0.2) is 17.6 Å². The van der Waals surface area contributed by atoms with Crippen molar-refractivity contribution >= 4 is 12.4 Å². The van der Waals surface area contributed by atoms with Crippen molar-refractivity contribution in [2.45, 2.75) is 6.04 Å². The molecule has 17 heavy (non-hydrogen) atoms. The van der Waals surface area contributed by atoms with Gasteiger partial charge in [0.1, 0.15) is 0 Å². The van der Waals surface area contributed by atoms with Crippen molar-refractivity contribution in [1.82, 2.24) is 10.6 Å². The molecule has 0 aliphatic carbocycles. The van der Waals surface area contributed by atoms with E-state index >= 15 is 0 Å². The lowest BCUT2D eigenvalue weighted by Gasteiger charge is -2.25. The standard InChI is InChI=1S/C10H10F4N2.ClH/c11-5-3-6(12)10(14)8(9(5)13)7-4-15-1-2-16-7;/h3,7,15-16H,1-2,4H2;1H/t7-;/m0./s1. The van der Waals surface area contributed by atoms with Crippen LogP contribution in [0.25, 0.3) is 0 Å². The van der Waals surface area contributed by atoms with Gasteiger partial charge in [-0.1, -0.05) is 0 Å². The van der Waals surface area contributed by atoms with Crippen LogP contribution < -0.4 is 10.6 Å². The molecule has 1 aromatic rings. The molecule has 0 bridgehead atoms. The molecule has 2 nitrogen and oxygen atoms in total. The predicted octanol–water partition coefficient (Wildman–Crippen LogP) is 1.90. The first-order valence-corrected chi connectivity index (χ1v) is 4.88. The average molecular weight is 271 g/mol. The van der Waals surface area contributed by atoms with Crippen molar-refractivity contribution < 1.29 is 17.6 Å². The molecule has 1 aromatic carbocycles. The van der Waals surface area contributed by atoms with Crippen LogP contribution in [0.5, 0.6) is 0 Å². The Morgan fingerprint density at radius 2 is 1.59 bits per heavy atom. The van der Waals surface area contributed by atoms with Gasteiger partial charge in [0, 0.05) is 31.3 Å². The zero-order valence-corrected chi connectivity index (χ0v) is 9.51. The summed E-state index contributed by atoms with van der Waals surface area (Å²) in [4.78, 5) is 0. The maximum atomic E-state index is 13.4. The first-order chi connectivity index (χ1) is 7.61. The van der Waals surface area contributed by atoms with Crippen molar-refractivity contribution in [3.05, 3.63) is 34.9 Å². The van der Waals surface area contributed by atoms with Crippen LogP contribution in [0.3, 0.4) is 0 Å². The smallest absolute Gasteiger partial charge is 0.166 e. The Bertz CT molecular complexity index is 382. The summed E-state index contributed by atoms with van der Waals surface area (Å²) in [6.07, 6.45) is 0. The highest BCUT2D eigenvalue weighted by molar-refractivity contribution is 5.85. The molecule has 0 saturated carbocycles. The highest BCUT2D eigenvalue weighted by Crippen LogP contribution is 2.25. The van der Waals surface area contributed by atoms with E-state index < -0.39 is 34.9 Å². The minimum Gasteiger partial charge on any atom is -0.314 e. The Morgan fingerprint density at radius 3 is 2.06 bits per heavy atom. The van der Waals surface area contributed by atoms with Crippen molar-refractivity contribution in [2.24, 2.45) is 0 Å². The van der Waals surface area contributed by atoms with Crippen molar-refractivity contribution in [2.75, 3.05) is 19.6 Å². The van der Waals surface area contributed by atoms with Crippen molar-refractivity contribution in [3.8, 4) is 0 Å². The van der Waals surface area contributed by atoms with Gasteiger partial charge in [-0.2, -0.15) is 0 Å². The zero-order valence-electron chi connectivity index (χ0n) is 8.70. The van der Waals surface area contributed by atoms with Crippen LogP contribution in [0.1, 0.15) is 11.6 Å². The summed E-state index contributed by atoms with van der Waals surface area (Å²) >= 11 is 0. The van der Waals surface area contributed by atoms with E-state index in [2.05, 4.69) is 10.6 Å². The SMILES string of the molecule is Cl.Fc1cc(F)c(F)c([C@@H]2CNCCN2)c1F. The van der Waals surface area contributed by atoms with E-state index in [4.69, 9.17) is 0 Å². The second kappa shape index (κ2) is 5.66. The minimum absolute atomic E-state index is 0. The highest BCUT2D eigenvalue weighted by Gasteiger charge is 2.26. The molecular formula is C10H11ClF4N2. The summed E-state index contributed by atoms with van der Waals surface area (Å²) in [5, 5.41) is 5.68. The van der Waals surface area contributed by atoms with Crippen LogP contribution in [0.15, 0.2) is 6.07 Å². The van der Waals surface area contributed by atoms with Gasteiger partial charge in [0.2, 0.25) is 0 Å². The number of halogens is 5. The summed E-state index contributed by atoms with van der Waals surface area (Å²) in [6, 6.07) is -0.538. The molecule has 1 atom stereocenters. The summed E-state index contributed by atoms with van der Waals surface area (Å²) in [6.45, 7) is 1.37. The molecule has 0 amide bonds. The van der Waals surface area contributed by atoms with Gasteiger partial charge in [0.25, 0.3) is 0 Å². The summed E-state index contributed by atoms with van der Waals surface area (Å²) in [7, 11) is 0. The summed E-state index contributed by atoms with van der Waals surface area (Å²) in [5.41, 5.74) is -0.579. The second-order valence-corrected chi connectivity index (χ2v) is 3.59. The lowest BCUT2D eigenvalue weighted by atomic mass is 10.0. The molecule has 1 heterocycles. The molecular weight excluding hydrogens is 260 g/mol. The molecule has 7 heteroatoms. The second-order valence-electron chi connectivity index (χ2n) is 3.59. The van der Waals surface area contributed by atoms with Crippen LogP contribution in [0, 0.1) is 23.3 Å². The largest absolute Gasteiger partial charge is 0.314 e. The van der Waals surface area contributed by atoms with Crippen LogP contribution in [-0.2, 0) is 0 Å². The van der Waals surface area contributed by atoms with Gasteiger partial charge in [-0.05, 0) is 0 Å². The summed E-state index contributed by atoms with van der Waals surface area (Å²) in [5.74, 6) is -5.41. The molecule has 1 aliphatic rings. The monoisotopic (exact) mass is 270 g/mol. The molecule has 0 unspecified atom stereocenters. The Labute approximate surface area is 102 Å². The molecule has 0 spiro atoms. The van der Waals surface area contributed by atoms with Crippen LogP contribution in [0.4, 0.5) is 17.6 Å². The van der Waals surface area contributed by atoms with E-state index in [1.165, 1.54) is 0 Å². The normalized spacial score (nSPS) is 19.9. The Hall–Kier alpha value is -0.850. The van der Waals surface area contributed by atoms with Crippen LogP contribution >= 0.6 is 12.4 Å². The third-order valence-corrected chi connectivity index (χ3v) is 2.54. The first-order valence-electron chi connectivity index (χ1n) is 4.88. The Morgan fingerprint density at radius 1 is 1.00 bits per heavy atom. The van der Waals surface area contributed by atoms with Gasteiger partial charge in [0.05, 0.1) is 6.04 Å².